The van der Waals surface area contributed by atoms with E-state index in [0.717, 1.165) is 0 Å². The van der Waals surface area contributed by atoms with Gasteiger partial charge in [-0.05, 0) is 0 Å². The molecule has 2 N–H and O–H groups in total. The van der Waals surface area contributed by atoms with Gasteiger partial charge in [0.05, 0.1) is 21.3 Å². The summed E-state index contributed by atoms with van der Waals surface area (Å²) in [5.41, 5.74) is -0.108. The van der Waals surface area contributed by atoms with E-state index in [2.05, 4.69) is 30.3 Å². The third-order valence-corrected chi connectivity index (χ3v) is 2.02. The molecule has 1 rings (SSSR count). The van der Waals surface area contributed by atoms with Gasteiger partial charge in [0.25, 0.3) is 0 Å². The fraction of sp³-hybridized carbons (Fsp3) is 0.364. The third-order valence-electron chi connectivity index (χ3n) is 2.02. The highest BCUT2D eigenvalue weighted by atomic mass is 16.5. The summed E-state index contributed by atoms with van der Waals surface area (Å²) in [4.78, 5) is 34.1. The standard InChI is InChI=1S/C11H15N5O5/c1-6(17)13-7(8(18)19-2)5-12-9-14-10(20-3)16-11(15-9)21-4/h5H,1-4H3,(H,13,17)(H,12,14,15,16)/b7-5-. The van der Waals surface area contributed by atoms with Crippen LogP contribution in [0, 0.1) is 0 Å². The molecule has 0 radical (unpaired) electrons. The van der Waals surface area contributed by atoms with E-state index < -0.39 is 11.9 Å². The number of nitrogens with one attached hydrogen (secondary N) is 2. The molecule has 0 saturated heterocycles. The van der Waals surface area contributed by atoms with Crippen molar-refractivity contribution in [3.05, 3.63) is 11.9 Å². The van der Waals surface area contributed by atoms with Crippen molar-refractivity contribution >= 4 is 17.8 Å². The first-order valence-electron chi connectivity index (χ1n) is 5.66. The molecular weight excluding hydrogens is 282 g/mol. The minimum atomic E-state index is -0.731. The Kier molecular flexibility index (Phi) is 5.86. The second-order valence-electron chi connectivity index (χ2n) is 3.51. The summed E-state index contributed by atoms with van der Waals surface area (Å²) in [5, 5.41) is 4.92. The lowest BCUT2D eigenvalue weighted by molar-refractivity contribution is -0.137. The smallest absolute Gasteiger partial charge is 0.356 e. The number of aromatic nitrogens is 3. The molecule has 0 unspecified atom stereocenters. The van der Waals surface area contributed by atoms with Crippen LogP contribution >= 0.6 is 0 Å². The molecular formula is C11H15N5O5. The zero-order chi connectivity index (χ0) is 15.8. The second-order valence-corrected chi connectivity index (χ2v) is 3.51. The van der Waals surface area contributed by atoms with Crippen LogP contribution in [0.3, 0.4) is 0 Å². The number of carbonyl (C=O) groups excluding carboxylic acids is 2. The van der Waals surface area contributed by atoms with Crippen molar-refractivity contribution in [3.8, 4) is 12.0 Å². The zero-order valence-corrected chi connectivity index (χ0v) is 12.0. The van der Waals surface area contributed by atoms with Gasteiger partial charge in [0, 0.05) is 13.1 Å². The lowest BCUT2D eigenvalue weighted by Crippen LogP contribution is -2.26. The molecule has 114 valence electrons. The van der Waals surface area contributed by atoms with Crippen LogP contribution in [0.4, 0.5) is 5.95 Å². The average Bonchev–Trinajstić information content (AvgIpc) is 2.49. The van der Waals surface area contributed by atoms with Gasteiger partial charge in [-0.2, -0.15) is 9.97 Å². The van der Waals surface area contributed by atoms with Crippen LogP contribution in [0.2, 0.25) is 0 Å². The highest BCUT2D eigenvalue weighted by molar-refractivity contribution is 5.93. The Morgan fingerprint density at radius 1 is 1.05 bits per heavy atom. The lowest BCUT2D eigenvalue weighted by atomic mass is 10.4. The van der Waals surface area contributed by atoms with Crippen molar-refractivity contribution in [2.45, 2.75) is 6.92 Å². The first-order valence-corrected chi connectivity index (χ1v) is 5.66. The Morgan fingerprint density at radius 2 is 1.62 bits per heavy atom. The number of amides is 1. The molecule has 21 heavy (non-hydrogen) atoms. The maximum Gasteiger partial charge on any atom is 0.356 e. The van der Waals surface area contributed by atoms with Crippen molar-refractivity contribution in [1.82, 2.24) is 20.3 Å². The number of anilines is 1. The van der Waals surface area contributed by atoms with Crippen molar-refractivity contribution < 1.29 is 23.8 Å². The van der Waals surface area contributed by atoms with Gasteiger partial charge in [-0.3, -0.25) is 4.79 Å². The molecule has 0 fully saturated rings. The summed E-state index contributed by atoms with van der Waals surface area (Å²) in [5.74, 6) is -1.10. The number of nitrogens with zero attached hydrogens (tertiary/aromatic N) is 3. The maximum absolute atomic E-state index is 11.5. The van der Waals surface area contributed by atoms with Gasteiger partial charge in [0.15, 0.2) is 0 Å². The van der Waals surface area contributed by atoms with Crippen LogP contribution < -0.4 is 20.1 Å². The number of hydrogen-bond donors (Lipinski definition) is 2. The molecule has 0 bridgehead atoms. The van der Waals surface area contributed by atoms with Crippen molar-refractivity contribution in [1.29, 1.82) is 0 Å². The largest absolute Gasteiger partial charge is 0.467 e. The molecule has 0 atom stereocenters. The first kappa shape index (κ1) is 16.1. The number of esters is 1. The predicted molar refractivity (Wildman–Crippen MR) is 70.5 cm³/mol. The summed E-state index contributed by atoms with van der Waals surface area (Å²) in [6.07, 6.45) is 1.18. The first-order chi connectivity index (χ1) is 9.99. The fourth-order valence-corrected chi connectivity index (χ4v) is 1.17. The van der Waals surface area contributed by atoms with E-state index in [1.807, 2.05) is 0 Å². The molecule has 0 spiro atoms. The summed E-state index contributed by atoms with van der Waals surface area (Å²) in [6.45, 7) is 1.26. The molecule has 0 aliphatic rings. The summed E-state index contributed by atoms with van der Waals surface area (Å²) >= 11 is 0. The molecule has 1 aromatic heterocycles. The van der Waals surface area contributed by atoms with Crippen LogP contribution in [-0.2, 0) is 14.3 Å². The molecule has 0 aromatic carbocycles. The van der Waals surface area contributed by atoms with Gasteiger partial charge < -0.3 is 24.8 Å². The van der Waals surface area contributed by atoms with Crippen LogP contribution in [-0.4, -0.2) is 48.2 Å². The van der Waals surface area contributed by atoms with Crippen molar-refractivity contribution in [2.75, 3.05) is 26.6 Å². The predicted octanol–water partition coefficient (Wildman–Crippen LogP) is -0.549. The van der Waals surface area contributed by atoms with E-state index in [1.165, 1.54) is 34.5 Å². The molecule has 10 nitrogen and oxygen atoms in total. The Morgan fingerprint density at radius 3 is 2.05 bits per heavy atom. The molecule has 10 heteroatoms. The Bertz CT molecular complexity index is 538. The van der Waals surface area contributed by atoms with Gasteiger partial charge in [0.2, 0.25) is 11.9 Å². The monoisotopic (exact) mass is 297 g/mol. The van der Waals surface area contributed by atoms with Gasteiger partial charge in [-0.25, -0.2) is 4.79 Å². The summed E-state index contributed by atoms with van der Waals surface area (Å²) in [6, 6.07) is 0.0498. The minimum absolute atomic E-state index is 0.0249. The summed E-state index contributed by atoms with van der Waals surface area (Å²) in [7, 11) is 3.95. The molecule has 1 aromatic rings. The Hall–Kier alpha value is -2.91. The van der Waals surface area contributed by atoms with Gasteiger partial charge in [0.1, 0.15) is 5.70 Å². The number of rotatable bonds is 6. The number of hydrogen-bond acceptors (Lipinski definition) is 9. The molecule has 0 aliphatic carbocycles. The van der Waals surface area contributed by atoms with E-state index in [4.69, 9.17) is 9.47 Å². The Labute approximate surface area is 120 Å². The van der Waals surface area contributed by atoms with E-state index >= 15 is 0 Å². The normalized spacial score (nSPS) is 10.6. The Balaban J connectivity index is 2.98. The lowest BCUT2D eigenvalue weighted by Gasteiger charge is -2.07. The van der Waals surface area contributed by atoms with Gasteiger partial charge in [-0.15, -0.1) is 4.98 Å². The van der Waals surface area contributed by atoms with Crippen LogP contribution in [0.5, 0.6) is 12.0 Å². The van der Waals surface area contributed by atoms with E-state index in [-0.39, 0.29) is 23.7 Å². The van der Waals surface area contributed by atoms with Crippen LogP contribution in [0.25, 0.3) is 0 Å². The molecule has 1 amide bonds. The fourth-order valence-electron chi connectivity index (χ4n) is 1.17. The third kappa shape index (κ3) is 4.93. The number of ether oxygens (including phenoxy) is 3. The summed E-state index contributed by atoms with van der Waals surface area (Å²) < 4.78 is 14.3. The highest BCUT2D eigenvalue weighted by Crippen LogP contribution is 2.12. The molecule has 0 aliphatic heterocycles. The number of methoxy groups -OCH3 is 3. The molecule has 1 heterocycles. The average molecular weight is 297 g/mol. The second kappa shape index (κ2) is 7.62. The SMILES string of the molecule is COC(=O)/C(=C/Nc1nc(OC)nc(OC)n1)NC(C)=O. The zero-order valence-electron chi connectivity index (χ0n) is 12.0. The van der Waals surface area contributed by atoms with E-state index in [9.17, 15) is 9.59 Å². The topological polar surface area (TPSA) is 125 Å². The van der Waals surface area contributed by atoms with Crippen LogP contribution in [0.1, 0.15) is 6.92 Å². The van der Waals surface area contributed by atoms with E-state index in [0.29, 0.717) is 0 Å². The van der Waals surface area contributed by atoms with E-state index in [1.54, 1.807) is 0 Å². The maximum atomic E-state index is 11.5. The van der Waals surface area contributed by atoms with Gasteiger partial charge in [-0.1, -0.05) is 0 Å². The van der Waals surface area contributed by atoms with Crippen molar-refractivity contribution in [2.24, 2.45) is 0 Å². The minimum Gasteiger partial charge on any atom is -0.467 e. The number of carbonyl (C=O) groups is 2. The van der Waals surface area contributed by atoms with Crippen molar-refractivity contribution in [3.63, 3.8) is 0 Å². The quantitative estimate of drug-likeness (QED) is 0.525. The van der Waals surface area contributed by atoms with Gasteiger partial charge >= 0.3 is 18.0 Å². The molecule has 0 saturated carbocycles. The van der Waals surface area contributed by atoms with Crippen LogP contribution in [0.15, 0.2) is 11.9 Å². The highest BCUT2D eigenvalue weighted by Gasteiger charge is 2.12.